The molecule has 0 atom stereocenters. The van der Waals surface area contributed by atoms with Gasteiger partial charge in [-0.15, -0.1) is 11.3 Å². The van der Waals surface area contributed by atoms with E-state index in [0.717, 1.165) is 5.69 Å². The summed E-state index contributed by atoms with van der Waals surface area (Å²) in [5.41, 5.74) is 16.7. The van der Waals surface area contributed by atoms with Crippen LogP contribution in [0, 0.1) is 0 Å². The van der Waals surface area contributed by atoms with Gasteiger partial charge in [-0.3, -0.25) is 0 Å². The van der Waals surface area contributed by atoms with Gasteiger partial charge in [0.15, 0.2) is 0 Å². The van der Waals surface area contributed by atoms with Crippen molar-refractivity contribution in [3.05, 3.63) is 187 Å². The summed E-state index contributed by atoms with van der Waals surface area (Å²) in [6.07, 6.45) is 0. The van der Waals surface area contributed by atoms with Gasteiger partial charge in [0, 0.05) is 43.3 Å². The molecule has 3 heterocycles. The predicted octanol–water partition coefficient (Wildman–Crippen LogP) is 16.0. The molecule has 0 bridgehead atoms. The average Bonchev–Trinajstić information content (AvgIpc) is 3.69. The molecule has 10 aromatic rings. The van der Waals surface area contributed by atoms with Gasteiger partial charge < -0.3 is 9.80 Å². The zero-order valence-electron chi connectivity index (χ0n) is 39.5. The molecule has 2 aliphatic heterocycles. The van der Waals surface area contributed by atoms with Gasteiger partial charge in [-0.1, -0.05) is 178 Å². The fourth-order valence-corrected chi connectivity index (χ4v) is 12.3. The van der Waals surface area contributed by atoms with Crippen LogP contribution in [0.5, 0.6) is 0 Å². The third kappa shape index (κ3) is 6.21. The maximum absolute atomic E-state index is 2.59. The average molecular weight is 871 g/mol. The number of nitrogens with zero attached hydrogens (tertiary/aromatic N) is 2. The second kappa shape index (κ2) is 14.4. The van der Waals surface area contributed by atoms with Gasteiger partial charge in [-0.05, 0) is 142 Å². The second-order valence-electron chi connectivity index (χ2n) is 21.8. The first kappa shape index (κ1) is 40.9. The van der Waals surface area contributed by atoms with E-state index >= 15 is 0 Å². The Kier molecular flexibility index (Phi) is 8.94. The van der Waals surface area contributed by atoms with Crippen molar-refractivity contribution in [1.29, 1.82) is 0 Å². The number of fused-ring (bicyclic) bond motifs is 12. The number of anilines is 6. The van der Waals surface area contributed by atoms with Crippen LogP contribution in [0.15, 0.2) is 170 Å². The number of hydrogen-bond acceptors (Lipinski definition) is 3. The van der Waals surface area contributed by atoms with Gasteiger partial charge in [0.1, 0.15) is 0 Å². The van der Waals surface area contributed by atoms with Crippen molar-refractivity contribution >= 4 is 110 Å². The lowest BCUT2D eigenvalue weighted by atomic mass is 9.36. The monoisotopic (exact) mass is 870 g/mol. The maximum Gasteiger partial charge on any atom is 0.264 e. The Morgan fingerprint density at radius 1 is 0.409 bits per heavy atom. The van der Waals surface area contributed by atoms with Gasteiger partial charge in [-0.25, -0.2) is 0 Å². The third-order valence-corrected chi connectivity index (χ3v) is 15.7. The van der Waals surface area contributed by atoms with E-state index in [2.05, 4.69) is 242 Å². The van der Waals surface area contributed by atoms with E-state index in [1.54, 1.807) is 0 Å². The van der Waals surface area contributed by atoms with Crippen molar-refractivity contribution in [3.8, 4) is 11.1 Å². The van der Waals surface area contributed by atoms with Crippen molar-refractivity contribution in [2.75, 3.05) is 9.80 Å². The van der Waals surface area contributed by atoms with Crippen LogP contribution in [0.25, 0.3) is 53.5 Å². The summed E-state index contributed by atoms with van der Waals surface area (Å²) >= 11 is 1.98. The Bertz CT molecular complexity index is 3550. The molecule has 0 unspecified atom stereocenters. The molecule has 0 N–H and O–H groups in total. The van der Waals surface area contributed by atoms with Gasteiger partial charge in [0.05, 0.1) is 5.69 Å². The minimum absolute atomic E-state index is 0.0185. The molecule has 2 nitrogen and oxygen atoms in total. The smallest absolute Gasteiger partial charge is 0.264 e. The summed E-state index contributed by atoms with van der Waals surface area (Å²) in [6.45, 7) is 21.0. The SMILES string of the molecule is CC(C)(C)c1ccc(N2c3cccc4c3B(c3cc(C(C)(C)C)ccc3N4c3ccc(-c4cccc5c6ccccc6c6ccccc6c45)cc3)c3sc4ccc(C(C)(C)C)cc4c32)cc1. The predicted molar refractivity (Wildman–Crippen MR) is 290 cm³/mol. The minimum atomic E-state index is -0.0185. The van der Waals surface area contributed by atoms with E-state index in [4.69, 9.17) is 0 Å². The Labute approximate surface area is 394 Å². The molecule has 0 saturated heterocycles. The van der Waals surface area contributed by atoms with Crippen LogP contribution >= 0.6 is 11.3 Å². The molecule has 0 spiro atoms. The van der Waals surface area contributed by atoms with Crippen LogP contribution < -0.4 is 25.5 Å². The number of hydrogen-bond donors (Lipinski definition) is 0. The minimum Gasteiger partial charge on any atom is -0.311 e. The van der Waals surface area contributed by atoms with Gasteiger partial charge in [-0.2, -0.15) is 0 Å². The molecular formula is C62H55BN2S. The lowest BCUT2D eigenvalue weighted by Gasteiger charge is -2.43. The standard InChI is InChI=1S/C62H55BN2S/c1-60(2,3)39-26-32-43(33-27-39)65-54-23-15-22-53-57(54)63(59-58(65)50-36-40(61(4,5)6)29-35-55(50)66-59)51-37-41(62(7,8)9)28-34-52(51)64(53)42-30-24-38(25-31-42)44-20-14-21-49-47-17-11-10-16-45(47)46-18-12-13-19-48(46)56(44)49/h10-37H,1-9H3. The van der Waals surface area contributed by atoms with E-state index in [0.29, 0.717) is 0 Å². The molecule has 9 aromatic carbocycles. The van der Waals surface area contributed by atoms with Crippen molar-refractivity contribution in [1.82, 2.24) is 0 Å². The molecule has 12 rings (SSSR count). The van der Waals surface area contributed by atoms with Crippen molar-refractivity contribution in [3.63, 3.8) is 0 Å². The Hall–Kier alpha value is -6.62. The summed E-state index contributed by atoms with van der Waals surface area (Å²) in [6, 6.07) is 64.9. The van der Waals surface area contributed by atoms with E-state index in [-0.39, 0.29) is 23.0 Å². The number of thiophene rings is 1. The zero-order valence-corrected chi connectivity index (χ0v) is 40.4. The van der Waals surface area contributed by atoms with Gasteiger partial charge in [0.2, 0.25) is 0 Å². The highest BCUT2D eigenvalue weighted by Crippen LogP contribution is 2.49. The van der Waals surface area contributed by atoms with Crippen LogP contribution in [-0.2, 0) is 16.2 Å². The summed E-state index contributed by atoms with van der Waals surface area (Å²) in [5.74, 6) is 0. The summed E-state index contributed by atoms with van der Waals surface area (Å²) in [5, 5.41) is 9.11. The Morgan fingerprint density at radius 2 is 0.909 bits per heavy atom. The van der Waals surface area contributed by atoms with Crippen molar-refractivity contribution in [2.24, 2.45) is 0 Å². The van der Waals surface area contributed by atoms with Crippen LogP contribution in [-0.4, -0.2) is 6.71 Å². The fraction of sp³-hybridized carbons (Fsp3) is 0.194. The fourth-order valence-electron chi connectivity index (χ4n) is 11.0. The van der Waals surface area contributed by atoms with Crippen LogP contribution in [0.1, 0.15) is 79.0 Å². The number of rotatable bonds is 3. The van der Waals surface area contributed by atoms with Crippen LogP contribution in [0.3, 0.4) is 0 Å². The quantitative estimate of drug-likeness (QED) is 0.129. The molecule has 0 radical (unpaired) electrons. The first-order valence-corrected chi connectivity index (χ1v) is 24.4. The topological polar surface area (TPSA) is 6.48 Å². The van der Waals surface area contributed by atoms with Gasteiger partial charge in [0.25, 0.3) is 6.71 Å². The maximum atomic E-state index is 2.59. The van der Waals surface area contributed by atoms with Crippen molar-refractivity contribution < 1.29 is 0 Å². The van der Waals surface area contributed by atoms with Crippen LogP contribution in [0.2, 0.25) is 0 Å². The summed E-state index contributed by atoms with van der Waals surface area (Å²) in [4.78, 5) is 5.14. The van der Waals surface area contributed by atoms with E-state index in [1.165, 1.54) is 114 Å². The van der Waals surface area contributed by atoms with Gasteiger partial charge >= 0.3 is 0 Å². The zero-order chi connectivity index (χ0) is 45.4. The third-order valence-electron chi connectivity index (χ3n) is 14.5. The highest BCUT2D eigenvalue weighted by atomic mass is 32.1. The normalized spacial score (nSPS) is 13.7. The largest absolute Gasteiger partial charge is 0.311 e. The molecule has 4 heteroatoms. The molecule has 0 saturated carbocycles. The van der Waals surface area contributed by atoms with Crippen molar-refractivity contribution in [2.45, 2.75) is 78.6 Å². The Balaban J connectivity index is 1.09. The highest BCUT2D eigenvalue weighted by molar-refractivity contribution is 7.33. The molecule has 2 aliphatic rings. The lowest BCUT2D eigenvalue weighted by Crippen LogP contribution is -2.60. The molecular weight excluding hydrogens is 816 g/mol. The molecule has 0 aliphatic carbocycles. The van der Waals surface area contributed by atoms with E-state index in [1.807, 2.05) is 11.3 Å². The second-order valence-corrected chi connectivity index (χ2v) is 22.9. The first-order valence-electron chi connectivity index (χ1n) is 23.6. The first-order chi connectivity index (χ1) is 31.6. The van der Waals surface area contributed by atoms with Crippen LogP contribution in [0.4, 0.5) is 34.1 Å². The summed E-state index contributed by atoms with van der Waals surface area (Å²) < 4.78 is 2.74. The number of benzene rings is 9. The molecule has 322 valence electrons. The molecule has 1 aromatic heterocycles. The molecule has 0 fully saturated rings. The summed E-state index contributed by atoms with van der Waals surface area (Å²) in [7, 11) is 0. The highest BCUT2D eigenvalue weighted by Gasteiger charge is 2.45. The van der Waals surface area contributed by atoms with E-state index < -0.39 is 0 Å². The molecule has 0 amide bonds. The van der Waals surface area contributed by atoms with E-state index in [9.17, 15) is 0 Å². The molecule has 66 heavy (non-hydrogen) atoms. The lowest BCUT2D eigenvalue weighted by molar-refractivity contribution is 0.590. The Morgan fingerprint density at radius 3 is 1.55 bits per heavy atom.